The Balaban J connectivity index is 0.00000225. The minimum atomic E-state index is -0.261. The average Bonchev–Trinajstić information content (AvgIpc) is 2.94. The maximum Gasteiger partial charge on any atom is 0.227 e. The molecule has 138 valence electrons. The number of hydrogen-bond donors (Lipinski definition) is 2. The monoisotopic (exact) mass is 429 g/mol. The molecule has 25 heavy (non-hydrogen) atoms. The number of halogens is 2. The molecule has 3 rings (SSSR count). The predicted octanol–water partition coefficient (Wildman–Crippen LogP) is 2.65. The summed E-state index contributed by atoms with van der Waals surface area (Å²) in [5.74, 6) is 0.197. The van der Waals surface area contributed by atoms with Crippen molar-refractivity contribution in [2.75, 3.05) is 24.5 Å². The molecule has 0 aliphatic carbocycles. The van der Waals surface area contributed by atoms with Gasteiger partial charge in [-0.3, -0.25) is 9.59 Å². The molecular weight excluding hydrogens is 406 g/mol. The Morgan fingerprint density at radius 2 is 2.16 bits per heavy atom. The van der Waals surface area contributed by atoms with Crippen molar-refractivity contribution in [2.24, 2.45) is 11.8 Å². The first kappa shape index (κ1) is 20.2. The van der Waals surface area contributed by atoms with E-state index in [9.17, 15) is 9.59 Å². The Morgan fingerprint density at radius 1 is 1.40 bits per heavy atom. The number of anilines is 1. The van der Waals surface area contributed by atoms with Gasteiger partial charge in [-0.05, 0) is 56.1 Å². The summed E-state index contributed by atoms with van der Waals surface area (Å²) in [4.78, 5) is 26.7. The lowest BCUT2D eigenvalue weighted by molar-refractivity contribution is -0.127. The summed E-state index contributed by atoms with van der Waals surface area (Å²) in [7, 11) is 0. The largest absolute Gasteiger partial charge is 0.353 e. The maximum atomic E-state index is 12.6. The maximum absolute atomic E-state index is 12.6. The van der Waals surface area contributed by atoms with Gasteiger partial charge < -0.3 is 15.5 Å². The van der Waals surface area contributed by atoms with Gasteiger partial charge in [0.15, 0.2) is 0 Å². The third-order valence-corrected chi connectivity index (χ3v) is 5.95. The molecule has 5 nitrogen and oxygen atoms in total. The van der Waals surface area contributed by atoms with E-state index in [1.165, 1.54) is 0 Å². The molecule has 2 heterocycles. The van der Waals surface area contributed by atoms with E-state index in [-0.39, 0.29) is 36.2 Å². The van der Waals surface area contributed by atoms with Crippen LogP contribution in [0.1, 0.15) is 25.3 Å². The third-order valence-electron chi connectivity index (χ3n) is 5.06. The first-order valence-electron chi connectivity index (χ1n) is 8.53. The number of aryl methyl sites for hydroxylation is 1. The summed E-state index contributed by atoms with van der Waals surface area (Å²) >= 11 is 3.48. The molecule has 3 atom stereocenters. The molecule has 0 spiro atoms. The van der Waals surface area contributed by atoms with Crippen molar-refractivity contribution in [3.63, 3.8) is 0 Å². The standard InChI is InChI=1S/C18H24BrN3O2.ClH/c1-11-7-14(3-4-15(11)19)22-10-13(8-17(22)23)18(24)21-16-5-6-20-9-12(16)2;/h3-4,7,12-13,16,20H,5-6,8-10H2,1-2H3,(H,21,24);1H. The van der Waals surface area contributed by atoms with Gasteiger partial charge in [0.2, 0.25) is 11.8 Å². The molecular formula is C18H25BrClN3O2. The van der Waals surface area contributed by atoms with Crippen LogP contribution < -0.4 is 15.5 Å². The summed E-state index contributed by atoms with van der Waals surface area (Å²) in [5.41, 5.74) is 1.95. The number of amides is 2. The summed E-state index contributed by atoms with van der Waals surface area (Å²) in [5, 5.41) is 6.49. The molecule has 1 aromatic rings. The number of rotatable bonds is 3. The van der Waals surface area contributed by atoms with Crippen molar-refractivity contribution in [1.82, 2.24) is 10.6 Å². The normalized spacial score (nSPS) is 26.3. The van der Waals surface area contributed by atoms with Crippen LogP contribution in [0.3, 0.4) is 0 Å². The van der Waals surface area contributed by atoms with E-state index in [0.717, 1.165) is 35.2 Å². The average molecular weight is 431 g/mol. The highest BCUT2D eigenvalue weighted by Crippen LogP contribution is 2.28. The molecule has 2 fully saturated rings. The molecule has 2 aliphatic rings. The number of carbonyl (C=O) groups is 2. The molecule has 2 aliphatic heterocycles. The van der Waals surface area contributed by atoms with Gasteiger partial charge in [0.1, 0.15) is 0 Å². The van der Waals surface area contributed by atoms with Gasteiger partial charge in [0.05, 0.1) is 5.92 Å². The summed E-state index contributed by atoms with van der Waals surface area (Å²) in [6.07, 6.45) is 1.24. The smallest absolute Gasteiger partial charge is 0.227 e. The van der Waals surface area contributed by atoms with Gasteiger partial charge in [0.25, 0.3) is 0 Å². The number of benzene rings is 1. The Morgan fingerprint density at radius 3 is 2.84 bits per heavy atom. The quantitative estimate of drug-likeness (QED) is 0.775. The highest BCUT2D eigenvalue weighted by molar-refractivity contribution is 9.10. The van der Waals surface area contributed by atoms with Crippen LogP contribution in [0.25, 0.3) is 0 Å². The lowest BCUT2D eigenvalue weighted by atomic mass is 9.94. The van der Waals surface area contributed by atoms with Gasteiger partial charge in [-0.2, -0.15) is 0 Å². The Kier molecular flexibility index (Phi) is 6.88. The van der Waals surface area contributed by atoms with Crippen molar-refractivity contribution < 1.29 is 9.59 Å². The first-order valence-corrected chi connectivity index (χ1v) is 9.32. The van der Waals surface area contributed by atoms with Crippen LogP contribution in [0.4, 0.5) is 5.69 Å². The van der Waals surface area contributed by atoms with E-state index in [0.29, 0.717) is 18.9 Å². The highest BCUT2D eigenvalue weighted by atomic mass is 79.9. The Bertz CT molecular complexity index is 655. The summed E-state index contributed by atoms with van der Waals surface area (Å²) in [6.45, 7) is 6.47. The molecule has 0 saturated carbocycles. The molecule has 0 radical (unpaired) electrons. The van der Waals surface area contributed by atoms with Crippen molar-refractivity contribution in [1.29, 1.82) is 0 Å². The van der Waals surface area contributed by atoms with Crippen LogP contribution >= 0.6 is 28.3 Å². The number of nitrogens with one attached hydrogen (secondary N) is 2. The van der Waals surface area contributed by atoms with Crippen LogP contribution in [-0.4, -0.2) is 37.5 Å². The first-order chi connectivity index (χ1) is 11.5. The molecule has 2 saturated heterocycles. The van der Waals surface area contributed by atoms with Gasteiger partial charge in [-0.1, -0.05) is 22.9 Å². The molecule has 0 aromatic heterocycles. The van der Waals surface area contributed by atoms with E-state index in [4.69, 9.17) is 0 Å². The van der Waals surface area contributed by atoms with Crippen LogP contribution in [0, 0.1) is 18.8 Å². The molecule has 3 unspecified atom stereocenters. The molecule has 2 N–H and O–H groups in total. The van der Waals surface area contributed by atoms with Crippen LogP contribution in [0.2, 0.25) is 0 Å². The highest BCUT2D eigenvalue weighted by Gasteiger charge is 2.36. The summed E-state index contributed by atoms with van der Waals surface area (Å²) in [6, 6.07) is 6.06. The topological polar surface area (TPSA) is 61.4 Å². The zero-order chi connectivity index (χ0) is 17.3. The van der Waals surface area contributed by atoms with Crippen LogP contribution in [0.15, 0.2) is 22.7 Å². The number of hydrogen-bond acceptors (Lipinski definition) is 3. The number of piperidine rings is 1. The van der Waals surface area contributed by atoms with E-state index in [1.807, 2.05) is 25.1 Å². The van der Waals surface area contributed by atoms with E-state index >= 15 is 0 Å². The van der Waals surface area contributed by atoms with E-state index in [1.54, 1.807) is 4.90 Å². The fourth-order valence-electron chi connectivity index (χ4n) is 3.46. The van der Waals surface area contributed by atoms with E-state index < -0.39 is 0 Å². The van der Waals surface area contributed by atoms with Crippen LogP contribution in [-0.2, 0) is 9.59 Å². The molecule has 0 bridgehead atoms. The second kappa shape index (κ2) is 8.52. The van der Waals surface area contributed by atoms with Crippen molar-refractivity contribution in [3.8, 4) is 0 Å². The fraction of sp³-hybridized carbons (Fsp3) is 0.556. The lowest BCUT2D eigenvalue weighted by Crippen LogP contribution is -2.50. The fourth-order valence-corrected chi connectivity index (χ4v) is 3.71. The second-order valence-corrected chi connectivity index (χ2v) is 7.78. The summed E-state index contributed by atoms with van der Waals surface area (Å²) < 4.78 is 1.02. The van der Waals surface area contributed by atoms with Crippen molar-refractivity contribution in [2.45, 2.75) is 32.7 Å². The van der Waals surface area contributed by atoms with Crippen molar-refractivity contribution in [3.05, 3.63) is 28.2 Å². The van der Waals surface area contributed by atoms with Gasteiger partial charge >= 0.3 is 0 Å². The van der Waals surface area contributed by atoms with Crippen LogP contribution in [0.5, 0.6) is 0 Å². The second-order valence-electron chi connectivity index (χ2n) is 6.92. The Hall–Kier alpha value is -1.11. The SMILES string of the molecule is Cc1cc(N2CC(C(=O)NC3CCNCC3C)CC2=O)ccc1Br.Cl. The third kappa shape index (κ3) is 4.54. The molecule has 7 heteroatoms. The van der Waals surface area contributed by atoms with Gasteiger partial charge in [-0.15, -0.1) is 12.4 Å². The van der Waals surface area contributed by atoms with Gasteiger partial charge in [0, 0.05) is 29.2 Å². The Labute approximate surface area is 163 Å². The van der Waals surface area contributed by atoms with E-state index in [2.05, 4.69) is 33.5 Å². The predicted molar refractivity (Wildman–Crippen MR) is 105 cm³/mol. The van der Waals surface area contributed by atoms with Gasteiger partial charge in [-0.25, -0.2) is 0 Å². The van der Waals surface area contributed by atoms with Crippen molar-refractivity contribution >= 4 is 45.8 Å². The molecule has 1 aromatic carbocycles. The lowest BCUT2D eigenvalue weighted by Gasteiger charge is -2.31. The minimum Gasteiger partial charge on any atom is -0.353 e. The zero-order valence-corrected chi connectivity index (χ0v) is 17.0. The zero-order valence-electron chi connectivity index (χ0n) is 14.5. The number of nitrogens with zero attached hydrogens (tertiary/aromatic N) is 1. The number of carbonyl (C=O) groups excluding carboxylic acids is 2. The molecule has 2 amide bonds. The minimum absolute atomic E-state index is 0.